The minimum atomic E-state index is -4.52. The first-order valence-corrected chi connectivity index (χ1v) is 9.97. The first kappa shape index (κ1) is 19.9. The van der Waals surface area contributed by atoms with Gasteiger partial charge in [-0.25, -0.2) is 4.68 Å². The Morgan fingerprint density at radius 3 is 2.55 bits per heavy atom. The molecular formula is C21H24F3N3O2. The summed E-state index contributed by atoms with van der Waals surface area (Å²) in [6.45, 7) is 1.63. The quantitative estimate of drug-likeness (QED) is 0.823. The Bertz CT molecular complexity index is 862. The van der Waals surface area contributed by atoms with Crippen LogP contribution in [0.2, 0.25) is 0 Å². The zero-order chi connectivity index (χ0) is 20.5. The van der Waals surface area contributed by atoms with Crippen LogP contribution in [0.5, 0.6) is 0 Å². The summed E-state index contributed by atoms with van der Waals surface area (Å²) in [5, 5.41) is 6.82. The molecule has 1 N–H and O–H groups in total. The number of rotatable bonds is 3. The Labute approximate surface area is 167 Å². The minimum Gasteiger partial charge on any atom is -0.381 e. The smallest absolute Gasteiger partial charge is 0.381 e. The van der Waals surface area contributed by atoms with Crippen LogP contribution in [-0.2, 0) is 10.9 Å². The normalized spacial score (nSPS) is 20.0. The van der Waals surface area contributed by atoms with Gasteiger partial charge in [0, 0.05) is 24.8 Å². The third-order valence-electron chi connectivity index (χ3n) is 6.22. The fourth-order valence-electron chi connectivity index (χ4n) is 4.45. The van der Waals surface area contributed by atoms with Crippen molar-refractivity contribution in [3.63, 3.8) is 0 Å². The lowest BCUT2D eigenvalue weighted by Gasteiger charge is -2.42. The fourth-order valence-corrected chi connectivity index (χ4v) is 4.45. The predicted molar refractivity (Wildman–Crippen MR) is 101 cm³/mol. The second-order valence-electron chi connectivity index (χ2n) is 8.04. The van der Waals surface area contributed by atoms with Gasteiger partial charge in [0.25, 0.3) is 5.91 Å². The number of nitrogens with zero attached hydrogens (tertiary/aromatic N) is 2. The second-order valence-corrected chi connectivity index (χ2v) is 8.04. The summed E-state index contributed by atoms with van der Waals surface area (Å²) in [5.74, 6) is -0.263. The van der Waals surface area contributed by atoms with Crippen molar-refractivity contribution in [3.05, 3.63) is 47.8 Å². The van der Waals surface area contributed by atoms with Crippen LogP contribution in [-0.4, -0.2) is 34.9 Å². The molecule has 2 fully saturated rings. The standard InChI is InChI=1S/C21H24F3N3O2/c22-21(23,24)18-6-11-25-27(18)17-3-1-2-15(14-17)19(28)26-16-4-7-20(8-5-16)9-12-29-13-10-20/h1-3,6,11,14,16H,4-5,7-10,12-13H2,(H,26,28). The van der Waals surface area contributed by atoms with Crippen LogP contribution < -0.4 is 5.32 Å². The van der Waals surface area contributed by atoms with Gasteiger partial charge < -0.3 is 10.1 Å². The zero-order valence-electron chi connectivity index (χ0n) is 16.0. The molecule has 1 aromatic carbocycles. The summed E-state index contributed by atoms with van der Waals surface area (Å²) in [6.07, 6.45) is 2.74. The van der Waals surface area contributed by atoms with Crippen LogP contribution in [0.1, 0.15) is 54.6 Å². The third-order valence-corrected chi connectivity index (χ3v) is 6.22. The molecule has 4 rings (SSSR count). The Morgan fingerprint density at radius 1 is 1.14 bits per heavy atom. The van der Waals surface area contributed by atoms with E-state index in [-0.39, 0.29) is 17.6 Å². The van der Waals surface area contributed by atoms with E-state index in [0.717, 1.165) is 68.7 Å². The lowest BCUT2D eigenvalue weighted by molar-refractivity contribution is -0.142. The highest BCUT2D eigenvalue weighted by atomic mass is 19.4. The number of carbonyl (C=O) groups is 1. The Morgan fingerprint density at radius 2 is 1.86 bits per heavy atom. The summed E-state index contributed by atoms with van der Waals surface area (Å²) >= 11 is 0. The van der Waals surface area contributed by atoms with Crippen LogP contribution in [0.15, 0.2) is 36.5 Å². The molecule has 0 bridgehead atoms. The molecule has 1 amide bonds. The van der Waals surface area contributed by atoms with Gasteiger partial charge in [-0.2, -0.15) is 18.3 Å². The number of amides is 1. The third kappa shape index (κ3) is 4.32. The van der Waals surface area contributed by atoms with Gasteiger partial charge in [-0.15, -0.1) is 0 Å². The Kier molecular flexibility index (Phi) is 5.38. The summed E-state index contributed by atoms with van der Waals surface area (Å²) in [7, 11) is 0. The first-order valence-electron chi connectivity index (χ1n) is 9.97. The molecule has 8 heteroatoms. The van der Waals surface area contributed by atoms with Crippen LogP contribution in [0.4, 0.5) is 13.2 Å². The Balaban J connectivity index is 1.43. The van der Waals surface area contributed by atoms with Gasteiger partial charge in [-0.1, -0.05) is 6.07 Å². The van der Waals surface area contributed by atoms with Crippen LogP contribution in [0.3, 0.4) is 0 Å². The van der Waals surface area contributed by atoms with E-state index in [1.54, 1.807) is 12.1 Å². The van der Waals surface area contributed by atoms with E-state index in [9.17, 15) is 18.0 Å². The molecular weight excluding hydrogens is 383 g/mol. The number of hydrogen-bond donors (Lipinski definition) is 1. The van der Waals surface area contributed by atoms with Crippen molar-refractivity contribution in [3.8, 4) is 5.69 Å². The summed E-state index contributed by atoms with van der Waals surface area (Å²) in [5.41, 5.74) is 0.0226. The molecule has 1 aliphatic carbocycles. The molecule has 29 heavy (non-hydrogen) atoms. The summed E-state index contributed by atoms with van der Waals surface area (Å²) in [4.78, 5) is 12.7. The van der Waals surface area contributed by atoms with Crippen molar-refractivity contribution >= 4 is 5.91 Å². The average Bonchev–Trinajstić information content (AvgIpc) is 3.21. The van der Waals surface area contributed by atoms with Gasteiger partial charge in [0.2, 0.25) is 0 Å². The minimum absolute atomic E-state index is 0.0927. The van der Waals surface area contributed by atoms with E-state index in [0.29, 0.717) is 11.0 Å². The van der Waals surface area contributed by atoms with E-state index in [1.165, 1.54) is 12.1 Å². The van der Waals surface area contributed by atoms with Gasteiger partial charge in [0.05, 0.1) is 11.9 Å². The molecule has 2 aliphatic rings. The first-order chi connectivity index (χ1) is 13.9. The highest BCUT2D eigenvalue weighted by Gasteiger charge is 2.37. The monoisotopic (exact) mass is 407 g/mol. The van der Waals surface area contributed by atoms with Crippen LogP contribution in [0.25, 0.3) is 5.69 Å². The second kappa shape index (κ2) is 7.82. The number of nitrogens with one attached hydrogen (secondary N) is 1. The molecule has 1 saturated heterocycles. The number of benzene rings is 1. The molecule has 1 spiro atoms. The SMILES string of the molecule is O=C(NC1CCC2(CCOCC2)CC1)c1cccc(-n2nccc2C(F)(F)F)c1. The lowest BCUT2D eigenvalue weighted by atomic mass is 9.68. The van der Waals surface area contributed by atoms with Crippen molar-refractivity contribution in [2.24, 2.45) is 5.41 Å². The molecule has 0 unspecified atom stereocenters. The molecule has 2 heterocycles. The maximum absolute atomic E-state index is 13.1. The topological polar surface area (TPSA) is 56.1 Å². The summed E-state index contributed by atoms with van der Waals surface area (Å²) < 4.78 is 45.7. The number of hydrogen-bond acceptors (Lipinski definition) is 3. The maximum atomic E-state index is 13.1. The van der Waals surface area contributed by atoms with Gasteiger partial charge in [-0.3, -0.25) is 4.79 Å². The molecule has 1 aliphatic heterocycles. The number of halogens is 3. The lowest BCUT2D eigenvalue weighted by Crippen LogP contribution is -2.42. The number of carbonyl (C=O) groups excluding carboxylic acids is 1. The summed E-state index contributed by atoms with van der Waals surface area (Å²) in [6, 6.07) is 7.15. The number of ether oxygens (including phenoxy) is 1. The molecule has 156 valence electrons. The number of alkyl halides is 3. The average molecular weight is 407 g/mol. The Hall–Kier alpha value is -2.35. The van der Waals surface area contributed by atoms with Gasteiger partial charge >= 0.3 is 6.18 Å². The molecule has 5 nitrogen and oxygen atoms in total. The van der Waals surface area contributed by atoms with E-state index < -0.39 is 11.9 Å². The van der Waals surface area contributed by atoms with E-state index in [1.807, 2.05) is 0 Å². The van der Waals surface area contributed by atoms with E-state index in [4.69, 9.17) is 4.74 Å². The highest BCUT2D eigenvalue weighted by Crippen LogP contribution is 2.44. The molecule has 2 aromatic rings. The van der Waals surface area contributed by atoms with Crippen molar-refractivity contribution in [1.82, 2.24) is 15.1 Å². The van der Waals surface area contributed by atoms with Crippen LogP contribution >= 0.6 is 0 Å². The zero-order valence-corrected chi connectivity index (χ0v) is 16.0. The van der Waals surface area contributed by atoms with E-state index >= 15 is 0 Å². The highest BCUT2D eigenvalue weighted by molar-refractivity contribution is 5.94. The van der Waals surface area contributed by atoms with Crippen molar-refractivity contribution in [1.29, 1.82) is 0 Å². The van der Waals surface area contributed by atoms with Gasteiger partial charge in [-0.05, 0) is 68.2 Å². The fraction of sp³-hybridized carbons (Fsp3) is 0.524. The molecule has 0 atom stereocenters. The predicted octanol–water partition coefficient (Wildman–Crippen LogP) is 4.36. The largest absolute Gasteiger partial charge is 0.433 e. The van der Waals surface area contributed by atoms with Gasteiger partial charge in [0.15, 0.2) is 0 Å². The van der Waals surface area contributed by atoms with Crippen molar-refractivity contribution in [2.75, 3.05) is 13.2 Å². The van der Waals surface area contributed by atoms with Crippen LogP contribution in [0, 0.1) is 5.41 Å². The molecule has 1 saturated carbocycles. The maximum Gasteiger partial charge on any atom is 0.433 e. The molecule has 1 aromatic heterocycles. The van der Waals surface area contributed by atoms with Crippen molar-refractivity contribution < 1.29 is 22.7 Å². The van der Waals surface area contributed by atoms with Crippen molar-refractivity contribution in [2.45, 2.75) is 50.7 Å². The number of aromatic nitrogens is 2. The van der Waals surface area contributed by atoms with E-state index in [2.05, 4.69) is 10.4 Å². The molecule has 0 radical (unpaired) electrons. The van der Waals surface area contributed by atoms with Gasteiger partial charge in [0.1, 0.15) is 5.69 Å².